The summed E-state index contributed by atoms with van der Waals surface area (Å²) in [5.74, 6) is 0.795. The fraction of sp³-hybridized carbons (Fsp3) is 0.632. The number of likely N-dealkylation sites (tertiary alicyclic amines) is 1. The van der Waals surface area contributed by atoms with Crippen LogP contribution < -0.4 is 0 Å². The van der Waals surface area contributed by atoms with Crippen molar-refractivity contribution < 1.29 is 13.2 Å². The largest absolute Gasteiger partial charge is 0.341 e. The minimum absolute atomic E-state index is 0.0401. The lowest BCUT2D eigenvalue weighted by Gasteiger charge is -2.36. The lowest BCUT2D eigenvalue weighted by Crippen LogP contribution is -2.52. The number of carbonyl (C=O) groups excluding carboxylic acids is 1. The third-order valence-electron chi connectivity index (χ3n) is 5.29. The molecule has 1 atom stereocenters. The number of piperidine rings is 1. The van der Waals surface area contributed by atoms with Crippen LogP contribution in [0, 0.1) is 5.92 Å². The number of benzene rings is 1. The van der Waals surface area contributed by atoms with E-state index in [-0.39, 0.29) is 11.7 Å². The van der Waals surface area contributed by atoms with E-state index in [0.29, 0.717) is 38.6 Å². The first kappa shape index (κ1) is 19.3. The minimum atomic E-state index is -3.30. The molecule has 2 heterocycles. The lowest BCUT2D eigenvalue weighted by molar-refractivity contribution is -0.134. The Balaban J connectivity index is 1.48. The molecule has 2 aliphatic rings. The van der Waals surface area contributed by atoms with E-state index in [1.165, 1.54) is 6.42 Å². The lowest BCUT2D eigenvalue weighted by atomic mass is 10.0. The molecule has 1 amide bonds. The standard InChI is InChI=1S/C19H29N3O3S/c1-17-6-5-9-21(14-17)19(23)15-20-10-12-22(13-11-20)26(24,25)16-18-7-3-2-4-8-18/h2-4,7-8,17H,5-6,9-16H2,1H3/t17-/m0/s1. The van der Waals surface area contributed by atoms with E-state index in [0.717, 1.165) is 25.1 Å². The molecule has 6 nitrogen and oxygen atoms in total. The highest BCUT2D eigenvalue weighted by atomic mass is 32.2. The number of hydrogen-bond acceptors (Lipinski definition) is 4. The summed E-state index contributed by atoms with van der Waals surface area (Å²) in [6.07, 6.45) is 2.28. The van der Waals surface area contributed by atoms with Crippen molar-refractivity contribution in [3.05, 3.63) is 35.9 Å². The topological polar surface area (TPSA) is 60.9 Å². The fourth-order valence-electron chi connectivity index (χ4n) is 3.75. The molecule has 0 saturated carbocycles. The van der Waals surface area contributed by atoms with Gasteiger partial charge in [-0.1, -0.05) is 37.3 Å². The quantitative estimate of drug-likeness (QED) is 0.776. The molecule has 7 heteroatoms. The zero-order valence-electron chi connectivity index (χ0n) is 15.5. The molecule has 3 rings (SSSR count). The molecule has 0 unspecified atom stereocenters. The number of carbonyl (C=O) groups is 1. The van der Waals surface area contributed by atoms with Gasteiger partial charge in [-0.05, 0) is 24.3 Å². The summed E-state index contributed by atoms with van der Waals surface area (Å²) in [6.45, 7) is 6.44. The van der Waals surface area contributed by atoms with E-state index in [1.54, 1.807) is 4.31 Å². The SMILES string of the molecule is C[C@H]1CCCN(C(=O)CN2CCN(S(=O)(=O)Cc3ccccc3)CC2)C1. The Morgan fingerprint density at radius 3 is 2.42 bits per heavy atom. The van der Waals surface area contributed by atoms with Crippen LogP contribution >= 0.6 is 0 Å². The fourth-order valence-corrected chi connectivity index (χ4v) is 5.27. The number of sulfonamides is 1. The van der Waals surface area contributed by atoms with Crippen LogP contribution in [0.1, 0.15) is 25.3 Å². The van der Waals surface area contributed by atoms with Gasteiger partial charge in [-0.25, -0.2) is 8.42 Å². The van der Waals surface area contributed by atoms with Gasteiger partial charge in [0.15, 0.2) is 0 Å². The molecule has 2 fully saturated rings. The summed E-state index contributed by atoms with van der Waals surface area (Å²) in [7, 11) is -3.30. The van der Waals surface area contributed by atoms with Gasteiger partial charge >= 0.3 is 0 Å². The van der Waals surface area contributed by atoms with E-state index in [4.69, 9.17) is 0 Å². The normalized spacial score (nSPS) is 23.1. The predicted octanol–water partition coefficient (Wildman–Crippen LogP) is 1.39. The predicted molar refractivity (Wildman–Crippen MR) is 102 cm³/mol. The second-order valence-electron chi connectivity index (χ2n) is 7.50. The third-order valence-corrected chi connectivity index (χ3v) is 7.14. The van der Waals surface area contributed by atoms with Gasteiger partial charge < -0.3 is 4.90 Å². The molecule has 144 valence electrons. The number of nitrogens with zero attached hydrogens (tertiary/aromatic N) is 3. The van der Waals surface area contributed by atoms with E-state index >= 15 is 0 Å². The molecular weight excluding hydrogens is 350 g/mol. The Morgan fingerprint density at radius 1 is 1.08 bits per heavy atom. The van der Waals surface area contributed by atoms with Crippen LogP contribution in [-0.2, 0) is 20.6 Å². The van der Waals surface area contributed by atoms with Crippen LogP contribution in [0.3, 0.4) is 0 Å². The van der Waals surface area contributed by atoms with Crippen molar-refractivity contribution in [3.63, 3.8) is 0 Å². The Hall–Kier alpha value is -1.44. The number of piperazine rings is 1. The van der Waals surface area contributed by atoms with Crippen LogP contribution in [0.4, 0.5) is 0 Å². The molecule has 2 saturated heterocycles. The van der Waals surface area contributed by atoms with E-state index in [1.807, 2.05) is 35.2 Å². The van der Waals surface area contributed by atoms with E-state index < -0.39 is 10.0 Å². The summed E-state index contributed by atoms with van der Waals surface area (Å²) in [5.41, 5.74) is 0.810. The summed E-state index contributed by atoms with van der Waals surface area (Å²) in [4.78, 5) is 16.5. The van der Waals surface area contributed by atoms with Crippen molar-refractivity contribution in [2.24, 2.45) is 5.92 Å². The zero-order chi connectivity index (χ0) is 18.6. The highest BCUT2D eigenvalue weighted by molar-refractivity contribution is 7.88. The smallest absolute Gasteiger partial charge is 0.236 e. The molecule has 26 heavy (non-hydrogen) atoms. The summed E-state index contributed by atoms with van der Waals surface area (Å²) >= 11 is 0. The molecule has 1 aromatic rings. The van der Waals surface area contributed by atoms with Crippen LogP contribution in [-0.4, -0.2) is 74.2 Å². The monoisotopic (exact) mass is 379 g/mol. The van der Waals surface area contributed by atoms with Crippen LogP contribution in [0.25, 0.3) is 0 Å². The third kappa shape index (κ3) is 5.05. The highest BCUT2D eigenvalue weighted by Crippen LogP contribution is 2.17. The number of hydrogen-bond donors (Lipinski definition) is 0. The molecule has 0 aromatic heterocycles. The molecule has 2 aliphatic heterocycles. The second kappa shape index (κ2) is 8.50. The average Bonchev–Trinajstić information content (AvgIpc) is 2.62. The maximum Gasteiger partial charge on any atom is 0.236 e. The molecule has 1 aromatic carbocycles. The number of rotatable bonds is 5. The van der Waals surface area contributed by atoms with Gasteiger partial charge in [0.1, 0.15) is 0 Å². The van der Waals surface area contributed by atoms with Crippen molar-refractivity contribution in [2.75, 3.05) is 45.8 Å². The van der Waals surface area contributed by atoms with Crippen molar-refractivity contribution in [3.8, 4) is 0 Å². The number of amides is 1. The van der Waals surface area contributed by atoms with Crippen molar-refractivity contribution in [1.29, 1.82) is 0 Å². The average molecular weight is 380 g/mol. The Kier molecular flexibility index (Phi) is 6.32. The molecule has 0 spiro atoms. The van der Waals surface area contributed by atoms with Crippen LogP contribution in [0.2, 0.25) is 0 Å². The summed E-state index contributed by atoms with van der Waals surface area (Å²) in [5, 5.41) is 0. The van der Waals surface area contributed by atoms with Gasteiger partial charge in [0, 0.05) is 39.3 Å². The molecule has 0 bridgehead atoms. The van der Waals surface area contributed by atoms with Gasteiger partial charge in [0.05, 0.1) is 12.3 Å². The van der Waals surface area contributed by atoms with Crippen molar-refractivity contribution in [1.82, 2.24) is 14.1 Å². The van der Waals surface area contributed by atoms with E-state index in [9.17, 15) is 13.2 Å². The highest BCUT2D eigenvalue weighted by Gasteiger charge is 2.29. The first-order valence-electron chi connectivity index (χ1n) is 9.46. The first-order chi connectivity index (χ1) is 12.4. The molecule has 0 radical (unpaired) electrons. The van der Waals surface area contributed by atoms with E-state index in [2.05, 4.69) is 11.8 Å². The van der Waals surface area contributed by atoms with Gasteiger partial charge in [-0.15, -0.1) is 0 Å². The van der Waals surface area contributed by atoms with Crippen molar-refractivity contribution >= 4 is 15.9 Å². The van der Waals surface area contributed by atoms with Gasteiger partial charge in [0.2, 0.25) is 15.9 Å². The molecule has 0 aliphatic carbocycles. The Morgan fingerprint density at radius 2 is 1.77 bits per heavy atom. The Bertz CT molecular complexity index is 700. The molecule has 0 N–H and O–H groups in total. The van der Waals surface area contributed by atoms with Gasteiger partial charge in [0.25, 0.3) is 0 Å². The summed E-state index contributed by atoms with van der Waals surface area (Å²) in [6, 6.07) is 9.28. The zero-order valence-corrected chi connectivity index (χ0v) is 16.3. The maximum absolute atomic E-state index is 12.6. The van der Waals surface area contributed by atoms with Gasteiger partial charge in [-0.3, -0.25) is 9.69 Å². The second-order valence-corrected chi connectivity index (χ2v) is 9.47. The van der Waals surface area contributed by atoms with Gasteiger partial charge in [-0.2, -0.15) is 4.31 Å². The maximum atomic E-state index is 12.6. The molecular formula is C19H29N3O3S. The minimum Gasteiger partial charge on any atom is -0.341 e. The summed E-state index contributed by atoms with van der Waals surface area (Å²) < 4.78 is 26.8. The van der Waals surface area contributed by atoms with Crippen LogP contribution in [0.5, 0.6) is 0 Å². The Labute approximate surface area is 156 Å². The van der Waals surface area contributed by atoms with Crippen molar-refractivity contribution in [2.45, 2.75) is 25.5 Å². The van der Waals surface area contributed by atoms with Crippen LogP contribution in [0.15, 0.2) is 30.3 Å². The first-order valence-corrected chi connectivity index (χ1v) is 11.1.